The van der Waals surface area contributed by atoms with Crippen molar-refractivity contribution >= 4 is 23.7 Å². The quantitative estimate of drug-likeness (QED) is 0.235. The van der Waals surface area contributed by atoms with Gasteiger partial charge in [-0.1, -0.05) is 43.3 Å². The monoisotopic (exact) mass is 484 g/mol. The topological polar surface area (TPSA) is 113 Å². The van der Waals surface area contributed by atoms with Gasteiger partial charge in [-0.2, -0.15) is 10.4 Å². The molecule has 0 aliphatic heterocycles. The van der Waals surface area contributed by atoms with E-state index in [2.05, 4.69) is 21.9 Å². The normalized spacial score (nSPS) is 10.5. The minimum absolute atomic E-state index is 0.220. The van der Waals surface area contributed by atoms with E-state index in [4.69, 9.17) is 9.47 Å². The summed E-state index contributed by atoms with van der Waals surface area (Å²) >= 11 is 0. The highest BCUT2D eigenvalue weighted by Gasteiger charge is 2.11. The molecular weight excluding hydrogens is 456 g/mol. The first kappa shape index (κ1) is 26.0. The van der Waals surface area contributed by atoms with E-state index in [0.29, 0.717) is 34.9 Å². The van der Waals surface area contributed by atoms with Crippen molar-refractivity contribution in [3.8, 4) is 17.6 Å². The van der Waals surface area contributed by atoms with E-state index < -0.39 is 11.8 Å². The molecule has 2 amide bonds. The van der Waals surface area contributed by atoms with Crippen LogP contribution in [0.3, 0.4) is 0 Å². The Morgan fingerprint density at radius 2 is 1.69 bits per heavy atom. The largest absolute Gasteiger partial charge is 0.490 e. The maximum absolute atomic E-state index is 12.2. The standard InChI is InChI=1S/C28H28N4O4/c1-3-21-9-7-8-12-24(21)31-27(33)16-28(34)32-30-18-20-13-14-25(26(15-20)35-4-2)36-19-23-11-6-5-10-22(23)17-29/h5-15,18H,3-4,16,19H2,1-2H3,(H,31,33)(H,32,34). The zero-order valence-electron chi connectivity index (χ0n) is 20.3. The van der Waals surface area contributed by atoms with E-state index in [1.165, 1.54) is 6.21 Å². The van der Waals surface area contributed by atoms with Gasteiger partial charge in [0, 0.05) is 11.3 Å². The van der Waals surface area contributed by atoms with Crippen LogP contribution >= 0.6 is 0 Å². The van der Waals surface area contributed by atoms with Crippen LogP contribution in [0.2, 0.25) is 0 Å². The van der Waals surface area contributed by atoms with E-state index >= 15 is 0 Å². The number of ether oxygens (including phenoxy) is 2. The highest BCUT2D eigenvalue weighted by molar-refractivity contribution is 6.04. The first-order valence-electron chi connectivity index (χ1n) is 11.6. The SMILES string of the molecule is CCOc1cc(C=NNC(=O)CC(=O)Nc2ccccc2CC)ccc1OCc1ccccc1C#N. The number of hydrogen-bond acceptors (Lipinski definition) is 6. The van der Waals surface area contributed by atoms with Crippen LogP contribution in [0.15, 0.2) is 71.8 Å². The van der Waals surface area contributed by atoms with Gasteiger partial charge in [-0.25, -0.2) is 5.43 Å². The van der Waals surface area contributed by atoms with Crippen molar-refractivity contribution in [2.24, 2.45) is 5.10 Å². The van der Waals surface area contributed by atoms with E-state index in [1.807, 2.05) is 44.2 Å². The molecule has 0 unspecified atom stereocenters. The van der Waals surface area contributed by atoms with E-state index in [-0.39, 0.29) is 13.0 Å². The highest BCUT2D eigenvalue weighted by Crippen LogP contribution is 2.29. The van der Waals surface area contributed by atoms with Crippen molar-refractivity contribution in [2.75, 3.05) is 11.9 Å². The molecule has 0 heterocycles. The minimum atomic E-state index is -0.529. The number of hydrazone groups is 1. The van der Waals surface area contributed by atoms with Gasteiger partial charge in [0.2, 0.25) is 11.8 Å². The predicted octanol–water partition coefficient (Wildman–Crippen LogP) is 4.58. The summed E-state index contributed by atoms with van der Waals surface area (Å²) in [6, 6.07) is 22.1. The highest BCUT2D eigenvalue weighted by atomic mass is 16.5. The smallest absolute Gasteiger partial charge is 0.249 e. The summed E-state index contributed by atoms with van der Waals surface area (Å²) in [5, 5.41) is 16.0. The molecule has 3 aromatic rings. The van der Waals surface area contributed by atoms with Crippen LogP contribution < -0.4 is 20.2 Å². The molecule has 8 nitrogen and oxygen atoms in total. The average Bonchev–Trinajstić information content (AvgIpc) is 2.88. The van der Waals surface area contributed by atoms with Gasteiger partial charge in [-0.05, 0) is 54.8 Å². The van der Waals surface area contributed by atoms with Gasteiger partial charge in [0.05, 0.1) is 24.5 Å². The average molecular weight is 485 g/mol. The molecule has 0 saturated heterocycles. The predicted molar refractivity (Wildman–Crippen MR) is 138 cm³/mol. The van der Waals surface area contributed by atoms with Gasteiger partial charge in [0.1, 0.15) is 13.0 Å². The summed E-state index contributed by atoms with van der Waals surface area (Å²) in [5.41, 5.74) is 6.06. The number of carbonyl (C=O) groups excluding carboxylic acids is 2. The minimum Gasteiger partial charge on any atom is -0.490 e. The molecule has 8 heteroatoms. The molecular formula is C28H28N4O4. The number of rotatable bonds is 11. The number of anilines is 1. The molecule has 0 radical (unpaired) electrons. The third kappa shape index (κ3) is 7.43. The van der Waals surface area contributed by atoms with Crippen LogP contribution in [0, 0.1) is 11.3 Å². The molecule has 3 aromatic carbocycles. The van der Waals surface area contributed by atoms with Crippen molar-refractivity contribution in [1.29, 1.82) is 5.26 Å². The van der Waals surface area contributed by atoms with Gasteiger partial charge in [0.25, 0.3) is 0 Å². The molecule has 184 valence electrons. The number of para-hydroxylation sites is 1. The molecule has 3 rings (SSSR count). The van der Waals surface area contributed by atoms with E-state index in [1.54, 1.807) is 36.4 Å². The van der Waals surface area contributed by atoms with Gasteiger partial charge in [-0.15, -0.1) is 0 Å². The van der Waals surface area contributed by atoms with Gasteiger partial charge in [0.15, 0.2) is 11.5 Å². The lowest BCUT2D eigenvalue weighted by Gasteiger charge is -2.13. The van der Waals surface area contributed by atoms with Gasteiger partial charge < -0.3 is 14.8 Å². The molecule has 36 heavy (non-hydrogen) atoms. The molecule has 0 atom stereocenters. The van der Waals surface area contributed by atoms with Crippen molar-refractivity contribution in [3.05, 3.63) is 89.0 Å². The van der Waals surface area contributed by atoms with Crippen LogP contribution in [-0.4, -0.2) is 24.6 Å². The van der Waals surface area contributed by atoms with Crippen LogP contribution in [0.4, 0.5) is 5.69 Å². The first-order chi connectivity index (χ1) is 17.5. The van der Waals surface area contributed by atoms with Crippen LogP contribution in [0.25, 0.3) is 0 Å². The number of nitrogens with one attached hydrogen (secondary N) is 2. The summed E-state index contributed by atoms with van der Waals surface area (Å²) in [7, 11) is 0. The van der Waals surface area contributed by atoms with Gasteiger partial charge >= 0.3 is 0 Å². The second-order valence-corrected chi connectivity index (χ2v) is 7.73. The van der Waals surface area contributed by atoms with Crippen molar-refractivity contribution in [1.82, 2.24) is 5.43 Å². The fraction of sp³-hybridized carbons (Fsp3) is 0.214. The third-order valence-corrected chi connectivity index (χ3v) is 5.18. The Kier molecular flexibility index (Phi) is 9.60. The zero-order chi connectivity index (χ0) is 25.8. The van der Waals surface area contributed by atoms with E-state index in [0.717, 1.165) is 17.5 Å². The first-order valence-corrected chi connectivity index (χ1v) is 11.6. The number of nitrogens with zero attached hydrogens (tertiary/aromatic N) is 2. The Labute approximate surface area is 210 Å². The molecule has 0 fully saturated rings. The molecule has 2 N–H and O–H groups in total. The number of aryl methyl sites for hydroxylation is 1. The molecule has 0 bridgehead atoms. The molecule has 0 saturated carbocycles. The second-order valence-electron chi connectivity index (χ2n) is 7.73. The number of nitriles is 1. The summed E-state index contributed by atoms with van der Waals surface area (Å²) in [4.78, 5) is 24.3. The maximum Gasteiger partial charge on any atom is 0.249 e. The lowest BCUT2D eigenvalue weighted by molar-refractivity contribution is -0.126. The lowest BCUT2D eigenvalue weighted by atomic mass is 10.1. The van der Waals surface area contributed by atoms with Crippen molar-refractivity contribution in [3.63, 3.8) is 0 Å². The van der Waals surface area contributed by atoms with Gasteiger partial charge in [-0.3, -0.25) is 9.59 Å². The summed E-state index contributed by atoms with van der Waals surface area (Å²) in [5.74, 6) is 0.0894. The zero-order valence-corrected chi connectivity index (χ0v) is 20.3. The van der Waals surface area contributed by atoms with Crippen LogP contribution in [0.5, 0.6) is 11.5 Å². The number of amides is 2. The Hall–Kier alpha value is -4.64. The Morgan fingerprint density at radius 3 is 2.44 bits per heavy atom. The summed E-state index contributed by atoms with van der Waals surface area (Å²) < 4.78 is 11.6. The molecule has 0 spiro atoms. The Bertz CT molecular complexity index is 1280. The second kappa shape index (κ2) is 13.3. The fourth-order valence-electron chi connectivity index (χ4n) is 3.41. The molecule has 0 aliphatic rings. The summed E-state index contributed by atoms with van der Waals surface area (Å²) in [6.45, 7) is 4.51. The van der Waals surface area contributed by atoms with Crippen LogP contribution in [0.1, 0.15) is 42.5 Å². The number of carbonyl (C=O) groups is 2. The molecule has 0 aromatic heterocycles. The van der Waals surface area contributed by atoms with Crippen molar-refractivity contribution in [2.45, 2.75) is 33.3 Å². The molecule has 0 aliphatic carbocycles. The van der Waals surface area contributed by atoms with Crippen LogP contribution in [-0.2, 0) is 22.6 Å². The van der Waals surface area contributed by atoms with E-state index in [9.17, 15) is 14.9 Å². The number of benzene rings is 3. The number of hydrogen-bond donors (Lipinski definition) is 2. The Morgan fingerprint density at radius 1 is 0.944 bits per heavy atom. The van der Waals surface area contributed by atoms with Crippen molar-refractivity contribution < 1.29 is 19.1 Å². The third-order valence-electron chi connectivity index (χ3n) is 5.18. The maximum atomic E-state index is 12.2. The fourth-order valence-corrected chi connectivity index (χ4v) is 3.41. The lowest BCUT2D eigenvalue weighted by Crippen LogP contribution is -2.25. The summed E-state index contributed by atoms with van der Waals surface area (Å²) in [6.07, 6.45) is 1.88. The Balaban J connectivity index is 1.57.